The average Bonchev–Trinajstić information content (AvgIpc) is 2.42. The van der Waals surface area contributed by atoms with Crippen LogP contribution in [0.25, 0.3) is 10.8 Å². The van der Waals surface area contributed by atoms with Gasteiger partial charge in [-0.3, -0.25) is 4.79 Å². The molecule has 0 heterocycles. The van der Waals surface area contributed by atoms with E-state index in [1.165, 1.54) is 0 Å². The van der Waals surface area contributed by atoms with Crippen LogP contribution >= 0.6 is 11.8 Å². The lowest BCUT2D eigenvalue weighted by molar-refractivity contribution is -0.142. The zero-order valence-corrected chi connectivity index (χ0v) is 11.6. The van der Waals surface area contributed by atoms with Crippen LogP contribution in [0, 0.1) is 0 Å². The van der Waals surface area contributed by atoms with Crippen LogP contribution in [0.3, 0.4) is 0 Å². The number of fused-ring (bicyclic) bond motifs is 1. The molecule has 0 radical (unpaired) electrons. The highest BCUT2D eigenvalue weighted by atomic mass is 32.2. The Kier molecular flexibility index (Phi) is 4.68. The smallest absolute Gasteiger partial charge is 0.306 e. The van der Waals surface area contributed by atoms with Gasteiger partial charge in [-0.2, -0.15) is 0 Å². The largest absolute Gasteiger partial charge is 0.507 e. The maximum Gasteiger partial charge on any atom is 0.306 e. The van der Waals surface area contributed by atoms with Crippen molar-refractivity contribution in [2.45, 2.75) is 18.2 Å². The molecule has 19 heavy (non-hydrogen) atoms. The first-order chi connectivity index (χ1) is 9.22. The molecule has 3 nitrogen and oxygen atoms in total. The number of thioether (sulfide) groups is 1. The van der Waals surface area contributed by atoms with Gasteiger partial charge < -0.3 is 9.84 Å². The Balaban J connectivity index is 2.09. The summed E-state index contributed by atoms with van der Waals surface area (Å²) in [6.07, 6.45) is 0.397. The van der Waals surface area contributed by atoms with Gasteiger partial charge in [0.25, 0.3) is 0 Å². The number of hydrogen-bond donors (Lipinski definition) is 1. The third-order valence-electron chi connectivity index (χ3n) is 2.73. The molecular formula is C15H16O3S. The van der Waals surface area contributed by atoms with Crippen molar-refractivity contribution in [1.82, 2.24) is 0 Å². The van der Waals surface area contributed by atoms with Gasteiger partial charge in [-0.25, -0.2) is 0 Å². The maximum atomic E-state index is 11.3. The maximum absolute atomic E-state index is 11.3. The minimum absolute atomic E-state index is 0.168. The van der Waals surface area contributed by atoms with Crippen molar-refractivity contribution in [3.05, 3.63) is 36.4 Å². The predicted octanol–water partition coefficient (Wildman–Crippen LogP) is 3.59. The highest BCUT2D eigenvalue weighted by Gasteiger charge is 2.07. The van der Waals surface area contributed by atoms with E-state index >= 15 is 0 Å². The van der Waals surface area contributed by atoms with E-state index in [1.807, 2.05) is 30.3 Å². The van der Waals surface area contributed by atoms with E-state index in [4.69, 9.17) is 4.74 Å². The number of esters is 1. The second kappa shape index (κ2) is 6.48. The van der Waals surface area contributed by atoms with Crippen LogP contribution in [0.1, 0.15) is 13.3 Å². The van der Waals surface area contributed by atoms with Gasteiger partial charge in [0.05, 0.1) is 13.0 Å². The van der Waals surface area contributed by atoms with Crippen molar-refractivity contribution < 1.29 is 14.6 Å². The molecule has 0 fully saturated rings. The summed E-state index contributed by atoms with van der Waals surface area (Å²) in [6.45, 7) is 2.23. The fourth-order valence-electron chi connectivity index (χ4n) is 1.86. The molecule has 0 unspecified atom stereocenters. The molecule has 0 saturated heterocycles. The summed E-state index contributed by atoms with van der Waals surface area (Å²) in [7, 11) is 0. The minimum Gasteiger partial charge on any atom is -0.507 e. The molecule has 4 heteroatoms. The van der Waals surface area contributed by atoms with Crippen molar-refractivity contribution in [1.29, 1.82) is 0 Å². The summed E-state index contributed by atoms with van der Waals surface area (Å²) < 4.78 is 4.89. The van der Waals surface area contributed by atoms with Gasteiger partial charge in [-0.05, 0) is 24.4 Å². The third kappa shape index (κ3) is 3.41. The predicted molar refractivity (Wildman–Crippen MR) is 77.6 cm³/mol. The quantitative estimate of drug-likeness (QED) is 0.669. The summed E-state index contributed by atoms with van der Waals surface area (Å²) in [5.41, 5.74) is 0. The number of rotatable bonds is 5. The normalized spacial score (nSPS) is 10.6. The molecule has 0 aliphatic heterocycles. The summed E-state index contributed by atoms with van der Waals surface area (Å²) >= 11 is 1.60. The third-order valence-corrected chi connectivity index (χ3v) is 3.81. The van der Waals surface area contributed by atoms with Gasteiger partial charge in [0.2, 0.25) is 0 Å². The molecule has 1 N–H and O–H groups in total. The lowest BCUT2D eigenvalue weighted by atomic mass is 10.1. The second-order valence-corrected chi connectivity index (χ2v) is 5.17. The summed E-state index contributed by atoms with van der Waals surface area (Å²) in [5, 5.41) is 11.6. The molecule has 0 saturated carbocycles. The van der Waals surface area contributed by atoms with Crippen LogP contribution in [0.5, 0.6) is 5.75 Å². The van der Waals surface area contributed by atoms with Gasteiger partial charge in [0, 0.05) is 16.0 Å². The lowest BCUT2D eigenvalue weighted by Crippen LogP contribution is -2.04. The first-order valence-electron chi connectivity index (χ1n) is 6.21. The zero-order chi connectivity index (χ0) is 13.7. The van der Waals surface area contributed by atoms with E-state index in [2.05, 4.69) is 0 Å². The van der Waals surface area contributed by atoms with E-state index in [1.54, 1.807) is 24.8 Å². The first kappa shape index (κ1) is 13.7. The summed E-state index contributed by atoms with van der Waals surface area (Å²) in [5.74, 6) is 0.788. The summed E-state index contributed by atoms with van der Waals surface area (Å²) in [4.78, 5) is 12.3. The molecule has 2 aromatic carbocycles. The molecule has 0 bridgehead atoms. The van der Waals surface area contributed by atoms with Crippen molar-refractivity contribution in [3.8, 4) is 5.75 Å². The molecule has 0 atom stereocenters. The number of phenolic OH excluding ortho intramolecular Hbond substituents is 1. The van der Waals surface area contributed by atoms with E-state index < -0.39 is 0 Å². The van der Waals surface area contributed by atoms with Gasteiger partial charge >= 0.3 is 5.97 Å². The first-order valence-corrected chi connectivity index (χ1v) is 7.20. The Labute approximate surface area is 116 Å². The van der Waals surface area contributed by atoms with Crippen LogP contribution in [0.2, 0.25) is 0 Å². The highest BCUT2D eigenvalue weighted by molar-refractivity contribution is 7.99. The van der Waals surface area contributed by atoms with Gasteiger partial charge in [0.1, 0.15) is 5.75 Å². The fourth-order valence-corrected chi connectivity index (χ4v) is 2.85. The van der Waals surface area contributed by atoms with E-state index in [-0.39, 0.29) is 11.7 Å². The van der Waals surface area contributed by atoms with Crippen LogP contribution in [0.15, 0.2) is 41.3 Å². The number of ether oxygens (including phenoxy) is 1. The molecule has 2 rings (SSSR count). The molecule has 2 aromatic rings. The number of carbonyl (C=O) groups excluding carboxylic acids is 1. The fraction of sp³-hybridized carbons (Fsp3) is 0.267. The second-order valence-electron chi connectivity index (χ2n) is 4.03. The average molecular weight is 276 g/mol. The molecular weight excluding hydrogens is 260 g/mol. The van der Waals surface area contributed by atoms with Crippen LogP contribution in [-0.2, 0) is 9.53 Å². The molecule has 100 valence electrons. The van der Waals surface area contributed by atoms with Crippen molar-refractivity contribution in [3.63, 3.8) is 0 Å². The van der Waals surface area contributed by atoms with Crippen molar-refractivity contribution in [2.75, 3.05) is 12.4 Å². The van der Waals surface area contributed by atoms with E-state index in [0.29, 0.717) is 18.8 Å². The number of carbonyl (C=O) groups is 1. The standard InChI is InChI=1S/C15H16O3S/c1-2-18-15(17)9-10-19-14-8-7-13(16)11-5-3-4-6-12(11)14/h3-8,16H,2,9-10H2,1H3. The van der Waals surface area contributed by atoms with Gasteiger partial charge in [0.15, 0.2) is 0 Å². The Morgan fingerprint density at radius 3 is 2.68 bits per heavy atom. The van der Waals surface area contributed by atoms with Crippen molar-refractivity contribution >= 4 is 28.5 Å². The Bertz CT molecular complexity index is 581. The summed E-state index contributed by atoms with van der Waals surface area (Å²) in [6, 6.07) is 11.3. The van der Waals surface area contributed by atoms with E-state index in [9.17, 15) is 9.90 Å². The molecule has 0 amide bonds. The highest BCUT2D eigenvalue weighted by Crippen LogP contribution is 2.33. The number of benzene rings is 2. The minimum atomic E-state index is -0.168. The Hall–Kier alpha value is -1.68. The van der Waals surface area contributed by atoms with Gasteiger partial charge in [-0.15, -0.1) is 11.8 Å². The number of phenols is 1. The van der Waals surface area contributed by atoms with Gasteiger partial charge in [-0.1, -0.05) is 24.3 Å². The lowest BCUT2D eigenvalue weighted by Gasteiger charge is -2.07. The molecule has 0 spiro atoms. The SMILES string of the molecule is CCOC(=O)CCSc1ccc(O)c2ccccc12. The van der Waals surface area contributed by atoms with E-state index in [0.717, 1.165) is 15.7 Å². The monoisotopic (exact) mass is 276 g/mol. The van der Waals surface area contributed by atoms with Crippen LogP contribution < -0.4 is 0 Å². The number of hydrogen-bond acceptors (Lipinski definition) is 4. The zero-order valence-electron chi connectivity index (χ0n) is 10.8. The molecule has 0 aliphatic rings. The Morgan fingerprint density at radius 2 is 1.95 bits per heavy atom. The van der Waals surface area contributed by atoms with Crippen molar-refractivity contribution in [2.24, 2.45) is 0 Å². The molecule has 0 aromatic heterocycles. The number of aromatic hydroxyl groups is 1. The van der Waals surface area contributed by atoms with Crippen LogP contribution in [-0.4, -0.2) is 23.4 Å². The van der Waals surface area contributed by atoms with Crippen LogP contribution in [0.4, 0.5) is 0 Å². The topological polar surface area (TPSA) is 46.5 Å². The molecule has 0 aliphatic carbocycles. The Morgan fingerprint density at radius 1 is 1.21 bits per heavy atom.